The van der Waals surface area contributed by atoms with E-state index in [-0.39, 0.29) is 12.6 Å². The zero-order valence-corrected chi connectivity index (χ0v) is 17.4. The minimum Gasteiger partial charge on any atom is -0.318 e. The molecule has 2 heterocycles. The topological polar surface area (TPSA) is 37.3 Å². The van der Waals surface area contributed by atoms with Crippen molar-refractivity contribution >= 4 is 11.7 Å². The number of para-hydroxylation sites is 1. The highest BCUT2D eigenvalue weighted by atomic mass is 19.1. The van der Waals surface area contributed by atoms with Crippen molar-refractivity contribution in [1.82, 2.24) is 9.47 Å². The van der Waals surface area contributed by atoms with Gasteiger partial charge in [-0.1, -0.05) is 35.9 Å². The van der Waals surface area contributed by atoms with Crippen molar-refractivity contribution in [2.75, 3.05) is 5.32 Å². The van der Waals surface area contributed by atoms with Gasteiger partial charge in [0.25, 0.3) is 0 Å². The lowest BCUT2D eigenvalue weighted by Gasteiger charge is -2.31. The minimum absolute atomic E-state index is 0.276. The number of carbonyl (C=O) groups is 1. The molecule has 0 unspecified atom stereocenters. The third-order valence-electron chi connectivity index (χ3n) is 5.73. The van der Waals surface area contributed by atoms with Gasteiger partial charge in [0.15, 0.2) is 0 Å². The molecule has 0 saturated heterocycles. The number of fused-ring (bicyclic) bond motifs is 3. The van der Waals surface area contributed by atoms with Crippen LogP contribution in [-0.4, -0.2) is 15.5 Å². The SMILES string of the molecule is Cc1ccc(NC(=O)N2Cc3ccccc3-n3cccc3[C@@H]2c2cc(F)cc(F)c2)cc1. The molecule has 0 fully saturated rings. The van der Waals surface area contributed by atoms with Gasteiger partial charge < -0.3 is 14.8 Å². The molecular weight excluding hydrogens is 408 g/mol. The summed E-state index contributed by atoms with van der Waals surface area (Å²) in [6.07, 6.45) is 1.90. The van der Waals surface area contributed by atoms with Crippen molar-refractivity contribution in [3.63, 3.8) is 0 Å². The second-order valence-corrected chi connectivity index (χ2v) is 7.96. The molecule has 1 aliphatic heterocycles. The fourth-order valence-corrected chi connectivity index (χ4v) is 4.26. The molecule has 1 aromatic heterocycles. The standard InChI is InChI=1S/C26H21F2N3O/c1-17-8-10-22(11-9-17)29-26(32)31-16-18-5-2-3-6-23(18)30-12-4-7-24(30)25(31)19-13-20(27)15-21(28)14-19/h2-15,25H,16H2,1H3,(H,29,32)/t25-/m0/s1. The Morgan fingerprint density at radius 3 is 2.41 bits per heavy atom. The molecule has 1 N–H and O–H groups in total. The van der Waals surface area contributed by atoms with E-state index in [0.717, 1.165) is 28.6 Å². The summed E-state index contributed by atoms with van der Waals surface area (Å²) in [6.45, 7) is 2.25. The first-order valence-corrected chi connectivity index (χ1v) is 10.4. The highest BCUT2D eigenvalue weighted by Gasteiger charge is 2.33. The second-order valence-electron chi connectivity index (χ2n) is 7.96. The van der Waals surface area contributed by atoms with Crippen LogP contribution in [-0.2, 0) is 6.54 Å². The summed E-state index contributed by atoms with van der Waals surface area (Å²) in [5, 5.41) is 2.94. The molecule has 4 nitrogen and oxygen atoms in total. The molecule has 32 heavy (non-hydrogen) atoms. The predicted octanol–water partition coefficient (Wildman–Crippen LogP) is 6.20. The van der Waals surface area contributed by atoms with Crippen molar-refractivity contribution in [3.05, 3.63) is 119 Å². The number of aromatic nitrogens is 1. The Labute approximate surface area is 184 Å². The van der Waals surface area contributed by atoms with Crippen molar-refractivity contribution in [1.29, 1.82) is 0 Å². The van der Waals surface area contributed by atoms with E-state index in [4.69, 9.17) is 0 Å². The van der Waals surface area contributed by atoms with E-state index in [1.54, 1.807) is 4.90 Å². The van der Waals surface area contributed by atoms with E-state index >= 15 is 0 Å². The normalized spacial score (nSPS) is 15.0. The van der Waals surface area contributed by atoms with Gasteiger partial charge in [-0.15, -0.1) is 0 Å². The third kappa shape index (κ3) is 3.64. The van der Waals surface area contributed by atoms with Crippen LogP contribution in [0.15, 0.2) is 85.1 Å². The van der Waals surface area contributed by atoms with Gasteiger partial charge in [-0.25, -0.2) is 13.6 Å². The zero-order chi connectivity index (χ0) is 22.2. The lowest BCUT2D eigenvalue weighted by atomic mass is 10.0. The first kappa shape index (κ1) is 20.0. The maximum absolute atomic E-state index is 14.2. The Balaban J connectivity index is 1.65. The van der Waals surface area contributed by atoms with Crippen LogP contribution in [0.25, 0.3) is 5.69 Å². The molecule has 0 bridgehead atoms. The van der Waals surface area contributed by atoms with Gasteiger partial charge >= 0.3 is 6.03 Å². The number of aryl methyl sites for hydroxylation is 1. The van der Waals surface area contributed by atoms with Crippen LogP contribution < -0.4 is 5.32 Å². The van der Waals surface area contributed by atoms with Crippen LogP contribution in [0, 0.1) is 18.6 Å². The number of nitrogens with one attached hydrogen (secondary N) is 1. The van der Waals surface area contributed by atoms with Gasteiger partial charge in [0.05, 0.1) is 18.3 Å². The van der Waals surface area contributed by atoms with Gasteiger partial charge in [-0.2, -0.15) is 0 Å². The van der Waals surface area contributed by atoms with Crippen molar-refractivity contribution in [3.8, 4) is 5.69 Å². The fraction of sp³-hybridized carbons (Fsp3) is 0.115. The number of hydrogen-bond acceptors (Lipinski definition) is 1. The number of rotatable bonds is 2. The predicted molar refractivity (Wildman–Crippen MR) is 120 cm³/mol. The minimum atomic E-state index is -0.687. The lowest BCUT2D eigenvalue weighted by molar-refractivity contribution is 0.194. The number of amides is 2. The summed E-state index contributed by atoms with van der Waals surface area (Å²) in [5.41, 5.74) is 4.71. The van der Waals surface area contributed by atoms with Crippen LogP contribution in [0.1, 0.15) is 28.4 Å². The first-order valence-electron chi connectivity index (χ1n) is 10.4. The van der Waals surface area contributed by atoms with Gasteiger partial charge in [-0.05, 0) is 60.5 Å². The molecule has 0 radical (unpaired) electrons. The largest absolute Gasteiger partial charge is 0.322 e. The average Bonchev–Trinajstić information content (AvgIpc) is 3.18. The van der Waals surface area contributed by atoms with Gasteiger partial charge in [0, 0.05) is 23.6 Å². The van der Waals surface area contributed by atoms with E-state index in [1.807, 2.05) is 78.4 Å². The Hall–Kier alpha value is -3.93. The summed E-state index contributed by atoms with van der Waals surface area (Å²) < 4.78 is 30.4. The molecular formula is C26H21F2N3O. The van der Waals surface area contributed by atoms with E-state index in [2.05, 4.69) is 5.32 Å². The van der Waals surface area contributed by atoms with Crippen molar-refractivity contribution in [2.24, 2.45) is 0 Å². The van der Waals surface area contributed by atoms with Crippen LogP contribution in [0.5, 0.6) is 0 Å². The highest BCUT2D eigenvalue weighted by Crippen LogP contribution is 2.37. The van der Waals surface area contributed by atoms with E-state index < -0.39 is 17.7 Å². The summed E-state index contributed by atoms with van der Waals surface area (Å²) >= 11 is 0. The van der Waals surface area contributed by atoms with Crippen LogP contribution >= 0.6 is 0 Å². The first-order chi connectivity index (χ1) is 15.5. The molecule has 1 aliphatic rings. The smallest absolute Gasteiger partial charge is 0.318 e. The van der Waals surface area contributed by atoms with Crippen LogP contribution in [0.3, 0.4) is 0 Å². The van der Waals surface area contributed by atoms with E-state index in [9.17, 15) is 13.6 Å². The molecule has 2 amide bonds. The molecule has 0 saturated carbocycles. The molecule has 3 aromatic carbocycles. The maximum atomic E-state index is 14.2. The number of benzene rings is 3. The highest BCUT2D eigenvalue weighted by molar-refractivity contribution is 5.90. The summed E-state index contributed by atoms with van der Waals surface area (Å²) in [5.74, 6) is -1.36. The van der Waals surface area contributed by atoms with Crippen LogP contribution in [0.2, 0.25) is 0 Å². The van der Waals surface area contributed by atoms with Gasteiger partial charge in [0.1, 0.15) is 11.6 Å². The monoisotopic (exact) mass is 429 g/mol. The average molecular weight is 429 g/mol. The van der Waals surface area contributed by atoms with Gasteiger partial charge in [0.2, 0.25) is 0 Å². The Bertz CT molecular complexity index is 1280. The summed E-state index contributed by atoms with van der Waals surface area (Å²) in [6, 6.07) is 21.4. The fourth-order valence-electron chi connectivity index (χ4n) is 4.26. The summed E-state index contributed by atoms with van der Waals surface area (Å²) in [7, 11) is 0. The number of hydrogen-bond donors (Lipinski definition) is 1. The Kier molecular flexibility index (Phi) is 4.98. The number of urea groups is 1. The zero-order valence-electron chi connectivity index (χ0n) is 17.4. The molecule has 6 heteroatoms. The van der Waals surface area contributed by atoms with Crippen LogP contribution in [0.4, 0.5) is 19.3 Å². The second kappa shape index (κ2) is 7.96. The maximum Gasteiger partial charge on any atom is 0.322 e. The number of anilines is 1. The number of halogens is 2. The molecule has 160 valence electrons. The molecule has 0 spiro atoms. The number of carbonyl (C=O) groups excluding carboxylic acids is 1. The molecule has 4 aromatic rings. The number of nitrogens with zero attached hydrogens (tertiary/aromatic N) is 2. The lowest BCUT2D eigenvalue weighted by Crippen LogP contribution is -2.38. The van der Waals surface area contributed by atoms with E-state index in [1.165, 1.54) is 12.1 Å². The third-order valence-corrected chi connectivity index (χ3v) is 5.73. The Morgan fingerprint density at radius 1 is 0.938 bits per heavy atom. The molecule has 5 rings (SSSR count). The van der Waals surface area contributed by atoms with E-state index in [0.29, 0.717) is 11.3 Å². The van der Waals surface area contributed by atoms with Crippen molar-refractivity contribution < 1.29 is 13.6 Å². The van der Waals surface area contributed by atoms with Gasteiger partial charge in [-0.3, -0.25) is 0 Å². The van der Waals surface area contributed by atoms with Crippen molar-refractivity contribution in [2.45, 2.75) is 19.5 Å². The summed E-state index contributed by atoms with van der Waals surface area (Å²) in [4.78, 5) is 15.1. The molecule has 0 aliphatic carbocycles. The quantitative estimate of drug-likeness (QED) is 0.405. The Morgan fingerprint density at radius 2 is 1.66 bits per heavy atom. The molecule has 1 atom stereocenters.